The fourth-order valence-corrected chi connectivity index (χ4v) is 2.37. The van der Waals surface area contributed by atoms with E-state index in [-0.39, 0.29) is 17.5 Å². The van der Waals surface area contributed by atoms with Crippen molar-refractivity contribution in [2.75, 3.05) is 16.8 Å². The molecule has 2 rings (SSSR count). The summed E-state index contributed by atoms with van der Waals surface area (Å²) in [5.74, 6) is 0.874. The Morgan fingerprint density at radius 3 is 2.52 bits per heavy atom. The first-order chi connectivity index (χ1) is 9.94. The fourth-order valence-electron chi connectivity index (χ4n) is 1.57. The van der Waals surface area contributed by atoms with Crippen molar-refractivity contribution in [3.05, 3.63) is 30.0 Å². The molecule has 0 spiro atoms. The molecule has 110 valence electrons. The maximum Gasteiger partial charge on any atom is 0.238 e. The van der Waals surface area contributed by atoms with Gasteiger partial charge in [0.2, 0.25) is 5.91 Å². The molecule has 0 aliphatic rings. The van der Waals surface area contributed by atoms with Gasteiger partial charge in [-0.15, -0.1) is 0 Å². The molecule has 0 fully saturated rings. The third-order valence-corrected chi connectivity index (χ3v) is 3.50. The summed E-state index contributed by atoms with van der Waals surface area (Å²) in [5.41, 5.74) is 12.0. The number of nitrogens with zero attached hydrogens (tertiary/aromatic N) is 3. The highest BCUT2D eigenvalue weighted by molar-refractivity contribution is 8.00. The predicted octanol–water partition coefficient (Wildman–Crippen LogP) is 1.46. The molecule has 21 heavy (non-hydrogen) atoms. The van der Waals surface area contributed by atoms with E-state index in [0.717, 1.165) is 5.69 Å². The Hall–Kier alpha value is -2.35. The molecule has 0 aliphatic heterocycles. The minimum absolute atomic E-state index is 0.192. The smallest absolute Gasteiger partial charge is 0.238 e. The van der Waals surface area contributed by atoms with Gasteiger partial charge in [0.1, 0.15) is 17.5 Å². The molecule has 7 nitrogen and oxygen atoms in total. The van der Waals surface area contributed by atoms with Gasteiger partial charge in [0, 0.05) is 11.8 Å². The molecule has 0 aromatic carbocycles. The number of rotatable bonds is 4. The Balaban J connectivity index is 2.02. The highest BCUT2D eigenvalue weighted by Crippen LogP contribution is 2.22. The summed E-state index contributed by atoms with van der Waals surface area (Å²) in [4.78, 5) is 24.4. The van der Waals surface area contributed by atoms with Gasteiger partial charge >= 0.3 is 0 Å². The van der Waals surface area contributed by atoms with E-state index < -0.39 is 5.25 Å². The second-order valence-corrected chi connectivity index (χ2v) is 5.72. The number of aryl methyl sites for hydroxylation is 1. The summed E-state index contributed by atoms with van der Waals surface area (Å²) in [7, 11) is 0. The average molecular weight is 304 g/mol. The van der Waals surface area contributed by atoms with Crippen molar-refractivity contribution in [3.8, 4) is 0 Å². The van der Waals surface area contributed by atoms with Crippen molar-refractivity contribution < 1.29 is 4.79 Å². The van der Waals surface area contributed by atoms with Gasteiger partial charge in [-0.25, -0.2) is 15.0 Å². The first kappa shape index (κ1) is 15.0. The number of nitrogens with one attached hydrogen (secondary N) is 1. The van der Waals surface area contributed by atoms with Gasteiger partial charge in [-0.3, -0.25) is 4.79 Å². The molecule has 0 bridgehead atoms. The standard InChI is InChI=1S/C13H16N6OS/c1-7-4-3-5-11(16-7)19-12(20)8(2)21-13-17-9(14)6-10(15)18-13/h3-6,8H,1-2H3,(H,16,19,20)(H4,14,15,17,18). The highest BCUT2D eigenvalue weighted by Gasteiger charge is 2.17. The predicted molar refractivity (Wildman–Crippen MR) is 83.8 cm³/mol. The van der Waals surface area contributed by atoms with Crippen LogP contribution in [-0.2, 0) is 4.79 Å². The number of nitrogens with two attached hydrogens (primary N) is 2. The van der Waals surface area contributed by atoms with Gasteiger partial charge in [0.25, 0.3) is 0 Å². The molecule has 1 atom stereocenters. The van der Waals surface area contributed by atoms with Gasteiger partial charge in [0.05, 0.1) is 5.25 Å². The molecular formula is C13H16N6OS. The monoisotopic (exact) mass is 304 g/mol. The van der Waals surface area contributed by atoms with Crippen LogP contribution in [0.4, 0.5) is 17.5 Å². The van der Waals surface area contributed by atoms with E-state index in [1.54, 1.807) is 13.0 Å². The maximum absolute atomic E-state index is 12.1. The van der Waals surface area contributed by atoms with E-state index in [1.807, 2.05) is 19.1 Å². The van der Waals surface area contributed by atoms with Crippen LogP contribution in [0.5, 0.6) is 0 Å². The number of carbonyl (C=O) groups excluding carboxylic acids is 1. The largest absolute Gasteiger partial charge is 0.383 e. The molecule has 1 amide bonds. The van der Waals surface area contributed by atoms with Gasteiger partial charge in [0.15, 0.2) is 5.16 Å². The zero-order valence-electron chi connectivity index (χ0n) is 11.7. The van der Waals surface area contributed by atoms with Crippen LogP contribution < -0.4 is 16.8 Å². The van der Waals surface area contributed by atoms with Crippen molar-refractivity contribution in [1.82, 2.24) is 15.0 Å². The maximum atomic E-state index is 12.1. The normalized spacial score (nSPS) is 11.9. The van der Waals surface area contributed by atoms with Crippen molar-refractivity contribution in [1.29, 1.82) is 0 Å². The summed E-state index contributed by atoms with van der Waals surface area (Å²) in [5, 5.41) is 2.70. The summed E-state index contributed by atoms with van der Waals surface area (Å²) in [6.45, 7) is 3.61. The second-order valence-electron chi connectivity index (χ2n) is 4.41. The minimum atomic E-state index is -0.409. The Morgan fingerprint density at radius 2 is 1.90 bits per heavy atom. The van der Waals surface area contributed by atoms with E-state index in [1.165, 1.54) is 17.8 Å². The van der Waals surface area contributed by atoms with Crippen molar-refractivity contribution in [2.24, 2.45) is 0 Å². The number of carbonyl (C=O) groups is 1. The summed E-state index contributed by atoms with van der Waals surface area (Å²) in [6.07, 6.45) is 0. The van der Waals surface area contributed by atoms with Gasteiger partial charge < -0.3 is 16.8 Å². The Kier molecular flexibility index (Phi) is 4.59. The SMILES string of the molecule is Cc1cccc(NC(=O)C(C)Sc2nc(N)cc(N)n2)n1. The highest BCUT2D eigenvalue weighted by atomic mass is 32.2. The number of hydrogen-bond donors (Lipinski definition) is 3. The molecule has 5 N–H and O–H groups in total. The number of pyridine rings is 1. The number of aromatic nitrogens is 3. The molecule has 0 saturated carbocycles. The summed E-state index contributed by atoms with van der Waals surface area (Å²) < 4.78 is 0. The van der Waals surface area contributed by atoms with Gasteiger partial charge in [-0.05, 0) is 26.0 Å². The molecule has 0 aliphatic carbocycles. The summed E-state index contributed by atoms with van der Waals surface area (Å²) in [6, 6.07) is 6.89. The number of hydrogen-bond acceptors (Lipinski definition) is 7. The van der Waals surface area contributed by atoms with Crippen LogP contribution in [0.1, 0.15) is 12.6 Å². The Bertz CT molecular complexity index is 643. The summed E-state index contributed by atoms with van der Waals surface area (Å²) >= 11 is 1.18. The van der Waals surface area contributed by atoms with Crippen molar-refractivity contribution >= 4 is 35.1 Å². The van der Waals surface area contributed by atoms with Crippen LogP contribution in [0, 0.1) is 6.92 Å². The Morgan fingerprint density at radius 1 is 1.24 bits per heavy atom. The molecule has 8 heteroatoms. The molecule has 2 heterocycles. The lowest BCUT2D eigenvalue weighted by Gasteiger charge is -2.11. The number of thioether (sulfide) groups is 1. The van der Waals surface area contributed by atoms with Crippen LogP contribution in [0.15, 0.2) is 29.4 Å². The van der Waals surface area contributed by atoms with E-state index in [0.29, 0.717) is 11.0 Å². The molecule has 0 radical (unpaired) electrons. The number of nitrogen functional groups attached to an aromatic ring is 2. The molecule has 2 aromatic heterocycles. The molecule has 0 saturated heterocycles. The quantitative estimate of drug-likeness (QED) is 0.577. The molecule has 1 unspecified atom stereocenters. The van der Waals surface area contributed by atoms with Crippen LogP contribution >= 0.6 is 11.8 Å². The zero-order valence-corrected chi connectivity index (χ0v) is 12.5. The van der Waals surface area contributed by atoms with Crippen LogP contribution in [0.3, 0.4) is 0 Å². The first-order valence-electron chi connectivity index (χ1n) is 6.25. The second kappa shape index (κ2) is 6.40. The number of anilines is 3. The topological polar surface area (TPSA) is 120 Å². The number of amides is 1. The lowest BCUT2D eigenvalue weighted by molar-refractivity contribution is -0.115. The van der Waals surface area contributed by atoms with Gasteiger partial charge in [-0.2, -0.15) is 0 Å². The van der Waals surface area contributed by atoms with Crippen molar-refractivity contribution in [2.45, 2.75) is 24.3 Å². The van der Waals surface area contributed by atoms with Crippen LogP contribution in [0.2, 0.25) is 0 Å². The lowest BCUT2D eigenvalue weighted by Crippen LogP contribution is -2.23. The zero-order chi connectivity index (χ0) is 15.4. The third-order valence-electron chi connectivity index (χ3n) is 2.54. The Labute approximate surface area is 126 Å². The lowest BCUT2D eigenvalue weighted by atomic mass is 10.3. The third kappa shape index (κ3) is 4.32. The fraction of sp³-hybridized carbons (Fsp3) is 0.231. The first-order valence-corrected chi connectivity index (χ1v) is 7.13. The average Bonchev–Trinajstić information content (AvgIpc) is 2.37. The minimum Gasteiger partial charge on any atom is -0.383 e. The van der Waals surface area contributed by atoms with Crippen LogP contribution in [-0.4, -0.2) is 26.1 Å². The van der Waals surface area contributed by atoms with E-state index >= 15 is 0 Å². The van der Waals surface area contributed by atoms with E-state index in [9.17, 15) is 4.79 Å². The van der Waals surface area contributed by atoms with Crippen LogP contribution in [0.25, 0.3) is 0 Å². The van der Waals surface area contributed by atoms with Gasteiger partial charge in [-0.1, -0.05) is 17.8 Å². The molecular weight excluding hydrogens is 288 g/mol. The van der Waals surface area contributed by atoms with E-state index in [2.05, 4.69) is 20.3 Å². The van der Waals surface area contributed by atoms with E-state index in [4.69, 9.17) is 11.5 Å². The van der Waals surface area contributed by atoms with Crippen molar-refractivity contribution in [3.63, 3.8) is 0 Å². The molecule has 2 aromatic rings.